The molecule has 0 heterocycles. The van der Waals surface area contributed by atoms with Crippen molar-refractivity contribution >= 4 is 0 Å². The van der Waals surface area contributed by atoms with E-state index < -0.39 is 12.3 Å². The van der Waals surface area contributed by atoms with Gasteiger partial charge >= 0.3 is 6.18 Å². The number of rotatable bonds is 8. The molecule has 21 heavy (non-hydrogen) atoms. The molecule has 0 spiro atoms. The summed E-state index contributed by atoms with van der Waals surface area (Å²) in [5.41, 5.74) is 1.60. The molecule has 6 heteroatoms. The van der Waals surface area contributed by atoms with Crippen LogP contribution in [0, 0.1) is 0 Å². The Morgan fingerprint density at radius 3 is 2.57 bits per heavy atom. The van der Waals surface area contributed by atoms with Crippen molar-refractivity contribution in [2.45, 2.75) is 45.7 Å². The predicted molar refractivity (Wildman–Crippen MR) is 75.3 cm³/mol. The monoisotopic (exact) mass is 305 g/mol. The third-order valence-corrected chi connectivity index (χ3v) is 3.05. The molecular formula is C15H22F3NO2. The van der Waals surface area contributed by atoms with Crippen LogP contribution < -0.4 is 10.1 Å². The zero-order valence-electron chi connectivity index (χ0n) is 12.6. The molecule has 0 saturated heterocycles. The lowest BCUT2D eigenvalue weighted by molar-refractivity contribution is -0.217. The molecule has 0 aliphatic carbocycles. The summed E-state index contributed by atoms with van der Waals surface area (Å²) in [5, 5.41) is 3.24. The van der Waals surface area contributed by atoms with E-state index in [1.54, 1.807) is 6.07 Å². The minimum absolute atomic E-state index is 0.133. The molecule has 0 amide bonds. The first-order valence-electron chi connectivity index (χ1n) is 6.93. The van der Waals surface area contributed by atoms with Gasteiger partial charge in [-0.1, -0.05) is 13.0 Å². The van der Waals surface area contributed by atoms with E-state index >= 15 is 0 Å². The largest absolute Gasteiger partial charge is 0.496 e. The van der Waals surface area contributed by atoms with Crippen molar-refractivity contribution in [1.29, 1.82) is 0 Å². The van der Waals surface area contributed by atoms with Crippen molar-refractivity contribution in [3.63, 3.8) is 0 Å². The standard InChI is InChI=1S/C15H22F3NO2/c1-4-7-19-9-12-5-6-14(20-3)13(8-12)10-21-11(2)15(16,17)18/h5-6,8,11,19H,4,7,9-10H2,1-3H3. The minimum Gasteiger partial charge on any atom is -0.496 e. The maximum absolute atomic E-state index is 12.5. The number of benzene rings is 1. The molecule has 0 bridgehead atoms. The van der Waals surface area contributed by atoms with Gasteiger partial charge in [0.05, 0.1) is 13.7 Å². The molecule has 1 unspecified atom stereocenters. The van der Waals surface area contributed by atoms with Crippen LogP contribution in [0.25, 0.3) is 0 Å². The van der Waals surface area contributed by atoms with Gasteiger partial charge in [0.2, 0.25) is 0 Å². The summed E-state index contributed by atoms with van der Waals surface area (Å²) in [7, 11) is 1.49. The molecule has 0 fully saturated rings. The zero-order valence-corrected chi connectivity index (χ0v) is 12.6. The van der Waals surface area contributed by atoms with Crippen LogP contribution in [0.5, 0.6) is 5.75 Å². The molecule has 1 aromatic rings. The van der Waals surface area contributed by atoms with Crippen LogP contribution in [0.2, 0.25) is 0 Å². The molecule has 1 atom stereocenters. The van der Waals surface area contributed by atoms with E-state index in [1.807, 2.05) is 12.1 Å². The van der Waals surface area contributed by atoms with E-state index in [-0.39, 0.29) is 6.61 Å². The van der Waals surface area contributed by atoms with Gasteiger partial charge in [-0.05, 0) is 37.6 Å². The predicted octanol–water partition coefficient (Wildman–Crippen LogP) is 3.66. The molecule has 1 N–H and O–H groups in total. The average molecular weight is 305 g/mol. The quantitative estimate of drug-likeness (QED) is 0.744. The average Bonchev–Trinajstić information content (AvgIpc) is 2.44. The first kappa shape index (κ1) is 17.8. The maximum Gasteiger partial charge on any atom is 0.414 e. The van der Waals surface area contributed by atoms with E-state index in [4.69, 9.17) is 9.47 Å². The van der Waals surface area contributed by atoms with Gasteiger partial charge in [0.25, 0.3) is 0 Å². The van der Waals surface area contributed by atoms with E-state index in [2.05, 4.69) is 12.2 Å². The lowest BCUT2D eigenvalue weighted by Crippen LogP contribution is -2.28. The Labute approximate surface area is 123 Å². The molecule has 0 saturated carbocycles. The van der Waals surface area contributed by atoms with Crippen LogP contribution in [0.1, 0.15) is 31.4 Å². The first-order chi connectivity index (χ1) is 9.88. The molecular weight excluding hydrogens is 283 g/mol. The highest BCUT2D eigenvalue weighted by Gasteiger charge is 2.36. The molecule has 120 valence electrons. The molecule has 1 aromatic carbocycles. The van der Waals surface area contributed by atoms with E-state index in [9.17, 15) is 13.2 Å². The van der Waals surface area contributed by atoms with Crippen LogP contribution in [-0.4, -0.2) is 25.9 Å². The number of halogens is 3. The van der Waals surface area contributed by atoms with Crippen LogP contribution in [-0.2, 0) is 17.9 Å². The first-order valence-corrected chi connectivity index (χ1v) is 6.93. The van der Waals surface area contributed by atoms with Crippen molar-refractivity contribution in [2.75, 3.05) is 13.7 Å². The second kappa shape index (κ2) is 8.24. The highest BCUT2D eigenvalue weighted by atomic mass is 19.4. The minimum atomic E-state index is -4.35. The third kappa shape index (κ3) is 5.93. The lowest BCUT2D eigenvalue weighted by Gasteiger charge is -2.18. The van der Waals surface area contributed by atoms with Crippen LogP contribution in [0.3, 0.4) is 0 Å². The van der Waals surface area contributed by atoms with E-state index in [0.29, 0.717) is 17.9 Å². The maximum atomic E-state index is 12.5. The summed E-state index contributed by atoms with van der Waals surface area (Å²) in [6.45, 7) is 4.49. The second-order valence-corrected chi connectivity index (χ2v) is 4.82. The highest BCUT2D eigenvalue weighted by Crippen LogP contribution is 2.26. The van der Waals surface area contributed by atoms with Crippen molar-refractivity contribution in [2.24, 2.45) is 0 Å². The Bertz CT molecular complexity index is 435. The highest BCUT2D eigenvalue weighted by molar-refractivity contribution is 5.36. The van der Waals surface area contributed by atoms with Gasteiger partial charge in [-0.3, -0.25) is 0 Å². The molecule has 0 aromatic heterocycles. The van der Waals surface area contributed by atoms with E-state index in [1.165, 1.54) is 7.11 Å². The number of ether oxygens (including phenoxy) is 2. The van der Waals surface area contributed by atoms with Crippen LogP contribution in [0.15, 0.2) is 18.2 Å². The summed E-state index contributed by atoms with van der Waals surface area (Å²) >= 11 is 0. The van der Waals surface area contributed by atoms with Crippen LogP contribution >= 0.6 is 0 Å². The van der Waals surface area contributed by atoms with Gasteiger partial charge in [0.1, 0.15) is 5.75 Å². The summed E-state index contributed by atoms with van der Waals surface area (Å²) in [5.74, 6) is 0.531. The number of nitrogens with one attached hydrogen (secondary N) is 1. The summed E-state index contributed by atoms with van der Waals surface area (Å²) < 4.78 is 47.4. The number of alkyl halides is 3. The van der Waals surface area contributed by atoms with Crippen molar-refractivity contribution in [1.82, 2.24) is 5.32 Å². The van der Waals surface area contributed by atoms with Crippen molar-refractivity contribution in [3.05, 3.63) is 29.3 Å². The second-order valence-electron chi connectivity index (χ2n) is 4.82. The Kier molecular flexibility index (Phi) is 6.98. The van der Waals surface area contributed by atoms with Gasteiger partial charge in [-0.25, -0.2) is 0 Å². The van der Waals surface area contributed by atoms with Gasteiger partial charge in [0, 0.05) is 12.1 Å². The molecule has 0 radical (unpaired) electrons. The van der Waals surface area contributed by atoms with Gasteiger partial charge in [0.15, 0.2) is 6.10 Å². The fourth-order valence-corrected chi connectivity index (χ4v) is 1.77. The van der Waals surface area contributed by atoms with Gasteiger partial charge in [-0.2, -0.15) is 13.2 Å². The van der Waals surface area contributed by atoms with Crippen molar-refractivity contribution in [3.8, 4) is 5.75 Å². The molecule has 0 aliphatic rings. The number of hydrogen-bond donors (Lipinski definition) is 1. The normalized spacial score (nSPS) is 13.2. The van der Waals surface area contributed by atoms with Gasteiger partial charge in [-0.15, -0.1) is 0 Å². The Morgan fingerprint density at radius 2 is 2.00 bits per heavy atom. The van der Waals surface area contributed by atoms with E-state index in [0.717, 1.165) is 25.5 Å². The smallest absolute Gasteiger partial charge is 0.414 e. The van der Waals surface area contributed by atoms with Crippen LogP contribution in [0.4, 0.5) is 13.2 Å². The topological polar surface area (TPSA) is 30.5 Å². The zero-order chi connectivity index (χ0) is 15.9. The molecule has 3 nitrogen and oxygen atoms in total. The summed E-state index contributed by atoms with van der Waals surface area (Å²) in [6.07, 6.45) is -5.13. The Morgan fingerprint density at radius 1 is 1.29 bits per heavy atom. The van der Waals surface area contributed by atoms with Crippen molar-refractivity contribution < 1.29 is 22.6 Å². The van der Waals surface area contributed by atoms with Gasteiger partial charge < -0.3 is 14.8 Å². The molecule has 0 aliphatic heterocycles. The third-order valence-electron chi connectivity index (χ3n) is 3.05. The Balaban J connectivity index is 2.71. The Hall–Kier alpha value is -1.27. The number of hydrogen-bond acceptors (Lipinski definition) is 3. The number of methoxy groups -OCH3 is 1. The fourth-order valence-electron chi connectivity index (χ4n) is 1.77. The molecule has 1 rings (SSSR count). The SMILES string of the molecule is CCCNCc1ccc(OC)c(COC(C)C(F)(F)F)c1. The lowest BCUT2D eigenvalue weighted by atomic mass is 10.1. The summed E-state index contributed by atoms with van der Waals surface area (Å²) in [4.78, 5) is 0. The fraction of sp³-hybridized carbons (Fsp3) is 0.600. The summed E-state index contributed by atoms with van der Waals surface area (Å²) in [6, 6.07) is 5.45.